The first-order valence-electron chi connectivity index (χ1n) is 10.1. The van der Waals surface area contributed by atoms with Crippen molar-refractivity contribution in [2.75, 3.05) is 26.2 Å². The quantitative estimate of drug-likeness (QED) is 0.566. The Morgan fingerprint density at radius 3 is 2.45 bits per heavy atom. The van der Waals surface area contributed by atoms with Gasteiger partial charge in [0.15, 0.2) is 5.58 Å². The van der Waals surface area contributed by atoms with Gasteiger partial charge in [0.25, 0.3) is 0 Å². The van der Waals surface area contributed by atoms with Crippen molar-refractivity contribution in [2.45, 2.75) is 18.4 Å². The molecular formula is C22H23N3O5S. The number of oxazole rings is 1. The van der Waals surface area contributed by atoms with Gasteiger partial charge in [-0.05, 0) is 30.7 Å². The lowest BCUT2D eigenvalue weighted by molar-refractivity contribution is -0.127. The molecule has 0 spiro atoms. The van der Waals surface area contributed by atoms with Gasteiger partial charge in [0, 0.05) is 44.9 Å². The predicted molar refractivity (Wildman–Crippen MR) is 117 cm³/mol. The van der Waals surface area contributed by atoms with Crippen molar-refractivity contribution >= 4 is 33.1 Å². The summed E-state index contributed by atoms with van der Waals surface area (Å²) in [6, 6.07) is 14.0. The van der Waals surface area contributed by atoms with Gasteiger partial charge in [-0.2, -0.15) is 4.31 Å². The maximum absolute atomic E-state index is 13.1. The fraction of sp³-hybridized carbons (Fsp3) is 0.273. The Bertz CT molecular complexity index is 1280. The number of fused-ring (bicyclic) bond motifs is 1. The van der Waals surface area contributed by atoms with Gasteiger partial charge >= 0.3 is 5.76 Å². The number of sulfonamides is 1. The Labute approximate surface area is 180 Å². The van der Waals surface area contributed by atoms with Crippen molar-refractivity contribution in [1.82, 2.24) is 13.8 Å². The van der Waals surface area contributed by atoms with Crippen molar-refractivity contribution in [3.63, 3.8) is 0 Å². The number of aromatic nitrogens is 1. The Morgan fingerprint density at radius 1 is 1.06 bits per heavy atom. The average molecular weight is 442 g/mol. The van der Waals surface area contributed by atoms with Crippen LogP contribution in [0.4, 0.5) is 0 Å². The second kappa shape index (κ2) is 8.52. The van der Waals surface area contributed by atoms with Gasteiger partial charge in [-0.1, -0.05) is 30.3 Å². The molecule has 9 heteroatoms. The molecule has 0 aliphatic carbocycles. The summed E-state index contributed by atoms with van der Waals surface area (Å²) >= 11 is 0. The molecule has 8 nitrogen and oxygen atoms in total. The molecule has 1 saturated heterocycles. The molecule has 1 fully saturated rings. The molecule has 31 heavy (non-hydrogen) atoms. The molecule has 1 aliphatic rings. The maximum Gasteiger partial charge on any atom is 0.419 e. The van der Waals surface area contributed by atoms with Crippen molar-refractivity contribution < 1.29 is 17.6 Å². The summed E-state index contributed by atoms with van der Waals surface area (Å²) in [5, 5.41) is 0. The predicted octanol–water partition coefficient (Wildman–Crippen LogP) is 2.16. The first kappa shape index (κ1) is 21.1. The lowest BCUT2D eigenvalue weighted by Crippen LogP contribution is -2.50. The van der Waals surface area contributed by atoms with Crippen LogP contribution < -0.4 is 5.76 Å². The van der Waals surface area contributed by atoms with E-state index in [9.17, 15) is 18.0 Å². The van der Waals surface area contributed by atoms with E-state index in [0.717, 1.165) is 5.56 Å². The van der Waals surface area contributed by atoms with Crippen LogP contribution in [0.25, 0.3) is 17.2 Å². The molecule has 0 atom stereocenters. The summed E-state index contributed by atoms with van der Waals surface area (Å²) in [4.78, 5) is 26.0. The minimum atomic E-state index is -3.76. The minimum Gasteiger partial charge on any atom is -0.408 e. The number of rotatable bonds is 5. The molecule has 0 N–H and O–H groups in total. The van der Waals surface area contributed by atoms with Gasteiger partial charge < -0.3 is 9.32 Å². The Balaban J connectivity index is 1.45. The zero-order chi connectivity index (χ0) is 22.0. The van der Waals surface area contributed by atoms with Crippen LogP contribution in [0.3, 0.4) is 0 Å². The van der Waals surface area contributed by atoms with Crippen LogP contribution in [-0.2, 0) is 21.4 Å². The van der Waals surface area contributed by atoms with Crippen molar-refractivity contribution in [3.05, 3.63) is 70.7 Å². The van der Waals surface area contributed by atoms with Crippen molar-refractivity contribution in [2.24, 2.45) is 0 Å². The summed E-state index contributed by atoms with van der Waals surface area (Å²) in [6.45, 7) is 3.27. The number of hydrogen-bond donors (Lipinski definition) is 0. The van der Waals surface area contributed by atoms with Crippen LogP contribution in [0, 0.1) is 0 Å². The molecule has 3 aromatic rings. The zero-order valence-corrected chi connectivity index (χ0v) is 17.9. The molecule has 0 radical (unpaired) electrons. The van der Waals surface area contributed by atoms with E-state index in [2.05, 4.69) is 0 Å². The molecule has 1 aliphatic heterocycles. The third kappa shape index (κ3) is 4.19. The fourth-order valence-corrected chi connectivity index (χ4v) is 5.08. The van der Waals surface area contributed by atoms with E-state index in [1.165, 1.54) is 27.1 Å². The number of carbonyl (C=O) groups is 1. The summed E-state index contributed by atoms with van der Waals surface area (Å²) in [7, 11) is -3.76. The normalized spacial score (nSPS) is 15.7. The Morgan fingerprint density at radius 2 is 1.77 bits per heavy atom. The molecule has 2 heterocycles. The van der Waals surface area contributed by atoms with Gasteiger partial charge in [0.1, 0.15) is 0 Å². The van der Waals surface area contributed by atoms with Crippen molar-refractivity contribution in [3.8, 4) is 0 Å². The van der Waals surface area contributed by atoms with E-state index in [1.807, 2.05) is 37.3 Å². The van der Waals surface area contributed by atoms with E-state index < -0.39 is 15.8 Å². The first-order valence-corrected chi connectivity index (χ1v) is 11.5. The highest BCUT2D eigenvalue weighted by Crippen LogP contribution is 2.22. The smallest absolute Gasteiger partial charge is 0.408 e. The molecule has 0 unspecified atom stereocenters. The number of aryl methyl sites for hydroxylation is 1. The fourth-order valence-electron chi connectivity index (χ4n) is 3.64. The van der Waals surface area contributed by atoms with Crippen LogP contribution in [0.2, 0.25) is 0 Å². The minimum absolute atomic E-state index is 0.0701. The largest absolute Gasteiger partial charge is 0.419 e. The second-order valence-corrected chi connectivity index (χ2v) is 9.15. The molecule has 1 amide bonds. The Kier molecular flexibility index (Phi) is 5.79. The van der Waals surface area contributed by atoms with Crippen molar-refractivity contribution in [1.29, 1.82) is 0 Å². The molecule has 162 valence electrons. The van der Waals surface area contributed by atoms with E-state index in [-0.39, 0.29) is 29.5 Å². The van der Waals surface area contributed by atoms with Crippen LogP contribution in [-0.4, -0.2) is 54.3 Å². The highest BCUT2D eigenvalue weighted by atomic mass is 32.2. The second-order valence-electron chi connectivity index (χ2n) is 7.22. The molecule has 0 saturated carbocycles. The van der Waals surface area contributed by atoms with Gasteiger partial charge in [-0.15, -0.1) is 0 Å². The lowest BCUT2D eigenvalue weighted by Gasteiger charge is -2.33. The highest BCUT2D eigenvalue weighted by Gasteiger charge is 2.30. The third-order valence-corrected chi connectivity index (χ3v) is 7.26. The molecule has 4 rings (SSSR count). The Hall–Kier alpha value is -3.17. The molecule has 0 bridgehead atoms. The van der Waals surface area contributed by atoms with Gasteiger partial charge in [0.2, 0.25) is 15.9 Å². The maximum atomic E-state index is 13.1. The summed E-state index contributed by atoms with van der Waals surface area (Å²) in [6.07, 6.45) is 3.25. The lowest BCUT2D eigenvalue weighted by atomic mass is 10.2. The van der Waals surface area contributed by atoms with Gasteiger partial charge in [0.05, 0.1) is 10.4 Å². The SMILES string of the molecule is CCn1c(=O)oc2cc(S(=O)(=O)N3CCN(C(=O)C=Cc4ccccc4)CC3)ccc21. The van der Waals surface area contributed by atoms with Crippen LogP contribution >= 0.6 is 0 Å². The topological polar surface area (TPSA) is 92.8 Å². The molecule has 1 aromatic heterocycles. The van der Waals surface area contributed by atoms with Gasteiger partial charge in [-0.3, -0.25) is 9.36 Å². The first-order chi connectivity index (χ1) is 14.9. The van der Waals surface area contributed by atoms with E-state index >= 15 is 0 Å². The van der Waals surface area contributed by atoms with Gasteiger partial charge in [-0.25, -0.2) is 13.2 Å². The number of benzene rings is 2. The number of amides is 1. The third-order valence-electron chi connectivity index (χ3n) is 5.36. The summed E-state index contributed by atoms with van der Waals surface area (Å²) in [5.74, 6) is -0.660. The average Bonchev–Trinajstić information content (AvgIpc) is 3.12. The van der Waals surface area contributed by atoms with E-state index in [4.69, 9.17) is 4.42 Å². The number of piperazine rings is 1. The zero-order valence-electron chi connectivity index (χ0n) is 17.1. The molecule has 2 aromatic carbocycles. The van der Waals surface area contributed by atoms with Crippen LogP contribution in [0.5, 0.6) is 0 Å². The summed E-state index contributed by atoms with van der Waals surface area (Å²) < 4.78 is 34.1. The summed E-state index contributed by atoms with van der Waals surface area (Å²) in [5.41, 5.74) is 1.73. The molecular weight excluding hydrogens is 418 g/mol. The highest BCUT2D eigenvalue weighted by molar-refractivity contribution is 7.89. The monoisotopic (exact) mass is 441 g/mol. The van der Waals surface area contributed by atoms with Crippen LogP contribution in [0.1, 0.15) is 12.5 Å². The standard InChI is InChI=1S/C22H23N3O5S/c1-2-25-19-10-9-18(16-20(19)30-22(25)27)31(28,29)24-14-12-23(13-15-24)21(26)11-8-17-6-4-3-5-7-17/h3-11,16H,2,12-15H2,1H3. The van der Waals surface area contributed by atoms with Crippen LogP contribution in [0.15, 0.2) is 68.7 Å². The van der Waals surface area contributed by atoms with E-state index in [0.29, 0.717) is 25.2 Å². The number of hydrogen-bond acceptors (Lipinski definition) is 5. The van der Waals surface area contributed by atoms with E-state index in [1.54, 1.807) is 17.0 Å². The number of nitrogens with zero attached hydrogens (tertiary/aromatic N) is 3. The number of carbonyl (C=O) groups excluding carboxylic acids is 1.